The third-order valence-corrected chi connectivity index (χ3v) is 2.88. The van der Waals surface area contributed by atoms with Crippen molar-refractivity contribution in [3.63, 3.8) is 0 Å². The Kier molecular flexibility index (Phi) is 5.73. The molecule has 0 fully saturated rings. The van der Waals surface area contributed by atoms with Gasteiger partial charge in [0.2, 0.25) is 0 Å². The van der Waals surface area contributed by atoms with Crippen molar-refractivity contribution < 1.29 is 21.8 Å². The summed E-state index contributed by atoms with van der Waals surface area (Å²) in [5.74, 6) is -0.0411. The van der Waals surface area contributed by atoms with Crippen molar-refractivity contribution in [1.29, 1.82) is 0 Å². The largest absolute Gasteiger partial charge is 1.00 e. The minimum Gasteiger partial charge on any atom is -1.00 e. The maximum Gasteiger partial charge on any atom is 0.191 e. The van der Waals surface area contributed by atoms with Crippen molar-refractivity contribution in [3.05, 3.63) is 64.9 Å². The van der Waals surface area contributed by atoms with E-state index in [1.807, 2.05) is 12.1 Å². The van der Waals surface area contributed by atoms with Gasteiger partial charge >= 0.3 is 0 Å². The third-order valence-electron chi connectivity index (χ3n) is 2.39. The number of pyridine rings is 1. The average molecular weight is 340 g/mol. The summed E-state index contributed by atoms with van der Waals surface area (Å²) >= 11 is 3.34. The number of rotatable bonds is 3. The Labute approximate surface area is 126 Å². The van der Waals surface area contributed by atoms with Crippen molar-refractivity contribution in [1.82, 2.24) is 0 Å². The molecule has 0 amide bonds. The van der Waals surface area contributed by atoms with Crippen molar-refractivity contribution >= 4 is 33.6 Å². The predicted molar refractivity (Wildman–Crippen MR) is 74.9 cm³/mol. The van der Waals surface area contributed by atoms with Crippen LogP contribution in [0, 0.1) is 0 Å². The number of halogens is 2. The van der Waals surface area contributed by atoms with E-state index in [4.69, 9.17) is 5.73 Å². The van der Waals surface area contributed by atoms with Gasteiger partial charge < -0.3 is 18.1 Å². The fourth-order valence-electron chi connectivity index (χ4n) is 1.44. The molecule has 0 aliphatic heterocycles. The molecule has 2 N–H and O–H groups in total. The average Bonchev–Trinajstić information content (AvgIpc) is 2.38. The number of carbonyl (C=O) groups is 1. The van der Waals surface area contributed by atoms with Crippen molar-refractivity contribution in [2.75, 3.05) is 5.73 Å². The number of allylic oxidation sites excluding steroid dienone is 1. The first kappa shape index (κ1) is 15.4. The van der Waals surface area contributed by atoms with Crippen molar-refractivity contribution in [2.45, 2.75) is 0 Å². The highest BCUT2D eigenvalue weighted by atomic mass is 79.9. The molecule has 0 saturated heterocycles. The zero-order valence-corrected chi connectivity index (χ0v) is 12.3. The molecule has 0 unspecified atom stereocenters. The topological polar surface area (TPSA) is 47.0 Å². The van der Waals surface area contributed by atoms with E-state index >= 15 is 0 Å². The molecule has 1 aromatic heterocycles. The minimum absolute atomic E-state index is 0. The monoisotopic (exact) mass is 338 g/mol. The highest BCUT2D eigenvalue weighted by Crippen LogP contribution is 2.12. The van der Waals surface area contributed by atoms with Gasteiger partial charge in [0.15, 0.2) is 24.4 Å². The number of ketones is 1. The van der Waals surface area contributed by atoms with Gasteiger partial charge in [-0.3, -0.25) is 4.79 Å². The Hall–Kier alpha value is -1.65. The van der Waals surface area contributed by atoms with Crippen LogP contribution in [0.15, 0.2) is 59.3 Å². The van der Waals surface area contributed by atoms with Gasteiger partial charge in [-0.1, -0.05) is 28.1 Å². The molecular weight excluding hydrogens is 328 g/mol. The second-order valence-corrected chi connectivity index (χ2v) is 4.68. The van der Waals surface area contributed by atoms with E-state index in [9.17, 15) is 4.79 Å². The van der Waals surface area contributed by atoms with E-state index in [-0.39, 0.29) is 18.2 Å². The number of hydrogen-bond donors (Lipinski definition) is 1. The molecule has 1 heterocycles. The van der Waals surface area contributed by atoms with E-state index < -0.39 is 0 Å². The Morgan fingerprint density at radius 1 is 1.21 bits per heavy atom. The van der Waals surface area contributed by atoms with Crippen LogP contribution in [0.3, 0.4) is 0 Å². The Balaban J connectivity index is 0.00000180. The molecule has 0 bridgehead atoms. The van der Waals surface area contributed by atoms with E-state index in [0.717, 1.165) is 4.47 Å². The summed E-state index contributed by atoms with van der Waals surface area (Å²) in [5, 5.41) is 0. The predicted octanol–water partition coefficient (Wildman–Crippen LogP) is -0.324. The lowest BCUT2D eigenvalue weighted by Gasteiger charge is -1.95. The summed E-state index contributed by atoms with van der Waals surface area (Å²) in [6.07, 6.45) is 6.81. The van der Waals surface area contributed by atoms with Gasteiger partial charge in [-0.25, -0.2) is 0 Å². The zero-order valence-electron chi connectivity index (χ0n) is 9.96. The summed E-state index contributed by atoms with van der Waals surface area (Å²) in [6.45, 7) is 0. The molecular formula is C14H12BrClN2O. The lowest BCUT2D eigenvalue weighted by Crippen LogP contribution is -3.00. The molecule has 0 aliphatic rings. The van der Waals surface area contributed by atoms with Gasteiger partial charge in [-0.15, -0.1) is 0 Å². The van der Waals surface area contributed by atoms with Gasteiger partial charge in [0, 0.05) is 27.9 Å². The van der Waals surface area contributed by atoms with E-state index in [1.165, 1.54) is 6.08 Å². The van der Waals surface area contributed by atoms with Gasteiger partial charge in [0.25, 0.3) is 0 Å². The number of carbonyl (C=O) groups excluding carboxylic acids is 1. The van der Waals surface area contributed by atoms with Crippen LogP contribution in [0.4, 0.5) is 5.69 Å². The lowest BCUT2D eigenvalue weighted by molar-refractivity contribution is -0.568. The molecule has 1 aromatic carbocycles. The maximum atomic E-state index is 11.9. The fraction of sp³-hybridized carbons (Fsp3) is 0. The summed E-state index contributed by atoms with van der Waals surface area (Å²) in [6, 6.07) is 10.8. The smallest absolute Gasteiger partial charge is 0.191 e. The molecule has 5 heteroatoms. The van der Waals surface area contributed by atoms with Gasteiger partial charge in [0.05, 0.1) is 6.08 Å². The second kappa shape index (κ2) is 7.07. The van der Waals surface area contributed by atoms with Gasteiger partial charge in [-0.2, -0.15) is 4.57 Å². The fourth-order valence-corrected chi connectivity index (χ4v) is 1.84. The van der Waals surface area contributed by atoms with Crippen LogP contribution < -0.4 is 22.7 Å². The molecule has 2 rings (SSSR count). The van der Waals surface area contributed by atoms with Crippen LogP contribution in [-0.4, -0.2) is 5.78 Å². The first-order chi connectivity index (χ1) is 8.65. The van der Waals surface area contributed by atoms with Crippen LogP contribution in [-0.2, 0) is 0 Å². The number of nitrogen functional groups attached to an aromatic ring is 1. The number of anilines is 1. The van der Waals surface area contributed by atoms with E-state index in [1.54, 1.807) is 47.4 Å². The number of aromatic nitrogens is 1. The highest BCUT2D eigenvalue weighted by Gasteiger charge is 2.03. The molecule has 19 heavy (non-hydrogen) atoms. The number of nitrogens with two attached hydrogens (primary N) is 1. The zero-order chi connectivity index (χ0) is 13.0. The summed E-state index contributed by atoms with van der Waals surface area (Å²) in [5.41, 5.74) is 6.92. The molecule has 0 aliphatic carbocycles. The molecule has 2 aromatic rings. The van der Waals surface area contributed by atoms with Gasteiger partial charge in [-0.05, 0) is 12.1 Å². The molecule has 3 nitrogen and oxygen atoms in total. The van der Waals surface area contributed by atoms with Crippen LogP contribution >= 0.6 is 15.9 Å². The van der Waals surface area contributed by atoms with Crippen molar-refractivity contribution in [2.24, 2.45) is 0 Å². The Morgan fingerprint density at radius 3 is 2.53 bits per heavy atom. The quantitative estimate of drug-likeness (QED) is 0.473. The summed E-state index contributed by atoms with van der Waals surface area (Å²) in [4.78, 5) is 11.9. The van der Waals surface area contributed by atoms with Crippen LogP contribution in [0.2, 0.25) is 0 Å². The Bertz CT molecular complexity index is 597. The Morgan fingerprint density at radius 2 is 1.89 bits per heavy atom. The highest BCUT2D eigenvalue weighted by molar-refractivity contribution is 9.10. The number of nitrogens with zero attached hydrogens (tertiary/aromatic N) is 1. The summed E-state index contributed by atoms with van der Waals surface area (Å²) in [7, 11) is 0. The van der Waals surface area contributed by atoms with E-state index in [0.29, 0.717) is 11.3 Å². The standard InChI is InChI=1S/C14H11BrN2O.ClH/c15-12-3-1-2-11(10-12)14(18)6-9-17-7-4-13(16)5-8-17;/h1-10,16H;1H. The van der Waals surface area contributed by atoms with Crippen LogP contribution in [0.5, 0.6) is 0 Å². The molecule has 98 valence electrons. The second-order valence-electron chi connectivity index (χ2n) is 3.77. The maximum absolute atomic E-state index is 11.9. The SMILES string of the molecule is Nc1cc[n+](C=CC(=O)c2cccc(Br)c2)cc1.[Cl-]. The first-order valence-corrected chi connectivity index (χ1v) is 6.19. The first-order valence-electron chi connectivity index (χ1n) is 5.39. The molecule has 0 spiro atoms. The molecule has 0 saturated carbocycles. The van der Waals surface area contributed by atoms with Gasteiger partial charge in [0.1, 0.15) is 0 Å². The summed E-state index contributed by atoms with van der Waals surface area (Å²) < 4.78 is 2.66. The normalized spacial score (nSPS) is 10.2. The lowest BCUT2D eigenvalue weighted by atomic mass is 10.1. The number of hydrogen-bond acceptors (Lipinski definition) is 2. The van der Waals surface area contributed by atoms with Crippen LogP contribution in [0.25, 0.3) is 6.20 Å². The van der Waals surface area contributed by atoms with Crippen molar-refractivity contribution in [3.8, 4) is 0 Å². The van der Waals surface area contributed by atoms with E-state index in [2.05, 4.69) is 15.9 Å². The number of benzene rings is 1. The van der Waals surface area contributed by atoms with Crippen LogP contribution in [0.1, 0.15) is 10.4 Å². The third kappa shape index (κ3) is 4.50. The molecule has 0 atom stereocenters. The molecule has 0 radical (unpaired) electrons. The minimum atomic E-state index is -0.0411.